The second-order valence-corrected chi connectivity index (χ2v) is 5.16. The topological polar surface area (TPSA) is 73.7 Å². The lowest BCUT2D eigenvalue weighted by Crippen LogP contribution is -2.50. The molecular weight excluding hydrogens is 258 g/mol. The second kappa shape index (κ2) is 6.00. The molecule has 1 aromatic rings. The Bertz CT molecular complexity index is 491. The first-order valence-corrected chi connectivity index (χ1v) is 6.71. The fourth-order valence-electron chi connectivity index (χ4n) is 2.27. The molecule has 0 saturated carbocycles. The Morgan fingerprint density at radius 3 is 2.30 bits per heavy atom. The largest absolute Gasteiger partial charge is 0.477 e. The van der Waals surface area contributed by atoms with Gasteiger partial charge in [-0.15, -0.1) is 0 Å². The van der Waals surface area contributed by atoms with Crippen LogP contribution in [-0.4, -0.2) is 64.0 Å². The number of aromatic nitrogens is 1. The average Bonchev–Trinajstić information content (AvgIpc) is 2.46. The fraction of sp³-hybridized carbons (Fsp3) is 0.500. The van der Waals surface area contributed by atoms with Gasteiger partial charge in [0.05, 0.1) is 5.56 Å². The predicted molar refractivity (Wildman–Crippen MR) is 73.8 cm³/mol. The van der Waals surface area contributed by atoms with Crippen LogP contribution in [0.4, 0.5) is 0 Å². The van der Waals surface area contributed by atoms with Gasteiger partial charge in [-0.3, -0.25) is 9.69 Å². The molecule has 1 fully saturated rings. The number of pyridine rings is 1. The molecule has 0 aromatic carbocycles. The number of aromatic carboxylic acids is 1. The molecule has 0 atom stereocenters. The van der Waals surface area contributed by atoms with Crippen molar-refractivity contribution < 1.29 is 14.7 Å². The Hall–Kier alpha value is -1.95. The van der Waals surface area contributed by atoms with Gasteiger partial charge in [0.2, 0.25) is 0 Å². The van der Waals surface area contributed by atoms with E-state index in [2.05, 4.69) is 23.7 Å². The van der Waals surface area contributed by atoms with Crippen LogP contribution >= 0.6 is 0 Å². The molecule has 1 saturated heterocycles. The van der Waals surface area contributed by atoms with Gasteiger partial charge in [-0.25, -0.2) is 9.78 Å². The maximum absolute atomic E-state index is 12.3. The van der Waals surface area contributed by atoms with E-state index < -0.39 is 5.97 Å². The maximum Gasteiger partial charge on any atom is 0.354 e. The lowest BCUT2D eigenvalue weighted by Gasteiger charge is -2.36. The maximum atomic E-state index is 12.3. The summed E-state index contributed by atoms with van der Waals surface area (Å²) in [5.74, 6) is -1.17. The summed E-state index contributed by atoms with van der Waals surface area (Å²) in [6, 6.07) is 3.37. The number of nitrogens with zero attached hydrogens (tertiary/aromatic N) is 3. The summed E-state index contributed by atoms with van der Waals surface area (Å²) in [5, 5.41) is 8.78. The number of carbonyl (C=O) groups is 2. The number of hydrogen-bond donors (Lipinski definition) is 1. The van der Waals surface area contributed by atoms with Gasteiger partial charge < -0.3 is 10.0 Å². The Morgan fingerprint density at radius 2 is 1.85 bits per heavy atom. The van der Waals surface area contributed by atoms with E-state index in [1.807, 2.05) is 0 Å². The van der Waals surface area contributed by atoms with E-state index in [0.29, 0.717) is 24.7 Å². The van der Waals surface area contributed by atoms with Crippen molar-refractivity contribution in [2.24, 2.45) is 0 Å². The van der Waals surface area contributed by atoms with Crippen molar-refractivity contribution in [1.29, 1.82) is 0 Å². The first kappa shape index (κ1) is 14.5. The van der Waals surface area contributed by atoms with Crippen molar-refractivity contribution in [2.75, 3.05) is 26.2 Å². The van der Waals surface area contributed by atoms with Crippen LogP contribution in [0.15, 0.2) is 18.3 Å². The van der Waals surface area contributed by atoms with Crippen LogP contribution in [0.1, 0.15) is 34.7 Å². The molecule has 2 rings (SSSR count). The minimum atomic E-state index is -1.09. The third kappa shape index (κ3) is 3.14. The number of carbonyl (C=O) groups excluding carboxylic acids is 1. The molecule has 0 spiro atoms. The molecule has 1 aliphatic heterocycles. The molecule has 0 bridgehead atoms. The molecule has 1 aliphatic rings. The van der Waals surface area contributed by atoms with Crippen molar-refractivity contribution in [3.63, 3.8) is 0 Å². The molecule has 1 amide bonds. The zero-order valence-electron chi connectivity index (χ0n) is 11.7. The van der Waals surface area contributed by atoms with Crippen LogP contribution in [0.5, 0.6) is 0 Å². The lowest BCUT2D eigenvalue weighted by atomic mass is 10.2. The minimum absolute atomic E-state index is 0.0498. The van der Waals surface area contributed by atoms with Gasteiger partial charge in [0.25, 0.3) is 5.91 Å². The third-order valence-corrected chi connectivity index (χ3v) is 3.56. The third-order valence-electron chi connectivity index (χ3n) is 3.56. The van der Waals surface area contributed by atoms with Gasteiger partial charge >= 0.3 is 5.97 Å². The van der Waals surface area contributed by atoms with Crippen molar-refractivity contribution >= 4 is 11.9 Å². The van der Waals surface area contributed by atoms with Crippen LogP contribution in [0.3, 0.4) is 0 Å². The van der Waals surface area contributed by atoms with Crippen LogP contribution < -0.4 is 0 Å². The number of piperazine rings is 1. The molecule has 20 heavy (non-hydrogen) atoms. The Kier molecular flexibility index (Phi) is 4.34. The lowest BCUT2D eigenvalue weighted by molar-refractivity contribution is 0.0593. The zero-order chi connectivity index (χ0) is 14.7. The molecule has 0 aliphatic carbocycles. The van der Waals surface area contributed by atoms with E-state index in [1.165, 1.54) is 18.3 Å². The highest BCUT2D eigenvalue weighted by molar-refractivity contribution is 5.95. The summed E-state index contributed by atoms with van der Waals surface area (Å²) < 4.78 is 0. The number of rotatable bonds is 3. The van der Waals surface area contributed by atoms with E-state index in [-0.39, 0.29) is 11.6 Å². The Morgan fingerprint density at radius 1 is 1.20 bits per heavy atom. The highest BCUT2D eigenvalue weighted by Crippen LogP contribution is 2.10. The molecule has 108 valence electrons. The molecule has 1 aromatic heterocycles. The van der Waals surface area contributed by atoms with Crippen molar-refractivity contribution in [1.82, 2.24) is 14.8 Å². The average molecular weight is 277 g/mol. The Balaban J connectivity index is 2.00. The fourth-order valence-corrected chi connectivity index (χ4v) is 2.27. The summed E-state index contributed by atoms with van der Waals surface area (Å²) in [6.45, 7) is 7.40. The quantitative estimate of drug-likeness (QED) is 0.890. The number of carboxylic acids is 1. The summed E-state index contributed by atoms with van der Waals surface area (Å²) in [5.41, 5.74) is 0.388. The highest BCUT2D eigenvalue weighted by Gasteiger charge is 2.23. The van der Waals surface area contributed by atoms with Crippen molar-refractivity contribution in [3.05, 3.63) is 29.6 Å². The molecular formula is C14H19N3O3. The summed E-state index contributed by atoms with van der Waals surface area (Å²) in [7, 11) is 0. The number of hydrogen-bond acceptors (Lipinski definition) is 4. The smallest absolute Gasteiger partial charge is 0.354 e. The minimum Gasteiger partial charge on any atom is -0.477 e. The van der Waals surface area contributed by atoms with E-state index >= 15 is 0 Å². The first-order chi connectivity index (χ1) is 9.49. The Labute approximate surface area is 118 Å². The molecule has 0 unspecified atom stereocenters. The monoisotopic (exact) mass is 277 g/mol. The standard InChI is InChI=1S/C14H19N3O3/c1-10(2)16-5-7-17(8-6-16)13(18)11-3-4-12(14(19)20)15-9-11/h3-4,9-10H,5-8H2,1-2H3,(H,19,20). The molecule has 1 N–H and O–H groups in total. The van der Waals surface area contributed by atoms with E-state index in [4.69, 9.17) is 5.11 Å². The first-order valence-electron chi connectivity index (χ1n) is 6.71. The molecule has 6 heteroatoms. The molecule has 6 nitrogen and oxygen atoms in total. The molecule has 2 heterocycles. The molecule has 0 radical (unpaired) electrons. The van der Waals surface area contributed by atoms with E-state index in [9.17, 15) is 9.59 Å². The van der Waals surface area contributed by atoms with Gasteiger partial charge in [0.15, 0.2) is 0 Å². The van der Waals surface area contributed by atoms with Gasteiger partial charge in [-0.05, 0) is 26.0 Å². The van der Waals surface area contributed by atoms with Gasteiger partial charge in [0, 0.05) is 38.4 Å². The number of amides is 1. The van der Waals surface area contributed by atoms with E-state index in [0.717, 1.165) is 13.1 Å². The predicted octanol–water partition coefficient (Wildman–Crippen LogP) is 0.946. The van der Waals surface area contributed by atoms with E-state index in [1.54, 1.807) is 4.90 Å². The summed E-state index contributed by atoms with van der Waals surface area (Å²) >= 11 is 0. The summed E-state index contributed by atoms with van der Waals surface area (Å²) in [6.07, 6.45) is 1.33. The van der Waals surface area contributed by atoms with Crippen LogP contribution in [0, 0.1) is 0 Å². The van der Waals surface area contributed by atoms with Crippen LogP contribution in [0.2, 0.25) is 0 Å². The normalized spacial score (nSPS) is 16.4. The van der Waals surface area contributed by atoms with Gasteiger partial charge in [0.1, 0.15) is 5.69 Å². The summed E-state index contributed by atoms with van der Waals surface area (Å²) in [4.78, 5) is 30.9. The second-order valence-electron chi connectivity index (χ2n) is 5.16. The van der Waals surface area contributed by atoms with Gasteiger partial charge in [-0.2, -0.15) is 0 Å². The van der Waals surface area contributed by atoms with Crippen LogP contribution in [-0.2, 0) is 0 Å². The van der Waals surface area contributed by atoms with Gasteiger partial charge in [-0.1, -0.05) is 0 Å². The SMILES string of the molecule is CC(C)N1CCN(C(=O)c2ccc(C(=O)O)nc2)CC1. The van der Waals surface area contributed by atoms with Crippen LogP contribution in [0.25, 0.3) is 0 Å². The highest BCUT2D eigenvalue weighted by atomic mass is 16.4. The van der Waals surface area contributed by atoms with Crippen molar-refractivity contribution in [3.8, 4) is 0 Å². The number of carboxylic acid groups (broad SMARTS) is 1. The van der Waals surface area contributed by atoms with Crippen molar-refractivity contribution in [2.45, 2.75) is 19.9 Å². The zero-order valence-corrected chi connectivity index (χ0v) is 11.7.